The maximum absolute atomic E-state index is 12.1. The average molecular weight is 571 g/mol. The molecule has 0 saturated heterocycles. The van der Waals surface area contributed by atoms with Gasteiger partial charge in [-0.25, -0.2) is 4.79 Å². The van der Waals surface area contributed by atoms with E-state index in [4.69, 9.17) is 40.2 Å². The molecule has 0 radical (unpaired) electrons. The van der Waals surface area contributed by atoms with Crippen LogP contribution in [0, 0.1) is 6.92 Å². The van der Waals surface area contributed by atoms with E-state index in [0.29, 0.717) is 10.2 Å². The van der Waals surface area contributed by atoms with Gasteiger partial charge in [0, 0.05) is 9.50 Å². The number of benzene rings is 2. The lowest BCUT2D eigenvalue weighted by Crippen LogP contribution is -2.37. The van der Waals surface area contributed by atoms with Gasteiger partial charge in [0.2, 0.25) is 0 Å². The third kappa shape index (κ3) is 6.05. The smallest absolute Gasteiger partial charge is 0.337 e. The number of carbonyl (C=O) groups excluding carboxylic acids is 1. The van der Waals surface area contributed by atoms with Crippen molar-refractivity contribution in [2.45, 2.75) is 6.92 Å². The van der Waals surface area contributed by atoms with E-state index < -0.39 is 11.9 Å². The Morgan fingerprint density at radius 1 is 1.21 bits per heavy atom. The highest BCUT2D eigenvalue weighted by Crippen LogP contribution is 2.32. The highest BCUT2D eigenvalue weighted by Gasteiger charge is 2.17. The van der Waals surface area contributed by atoms with E-state index in [0.717, 1.165) is 10.0 Å². The van der Waals surface area contributed by atoms with E-state index in [1.807, 2.05) is 13.0 Å². The van der Waals surface area contributed by atoms with Crippen LogP contribution >= 0.6 is 67.3 Å². The number of nitrogens with one attached hydrogen (secondary N) is 2. The van der Waals surface area contributed by atoms with Crippen LogP contribution in [0.5, 0.6) is 5.75 Å². The molecule has 0 saturated carbocycles. The first-order valence-electron chi connectivity index (χ1n) is 7.50. The number of halogens is 4. The first-order valence-corrected chi connectivity index (χ1v) is 10.2. The SMILES string of the molecule is Cc1cc(Br)cc(Br)c1OCC(=O)NC(=S)Nc1c(Cl)cc(Cl)cc1C(=O)O. The normalized spacial score (nSPS) is 10.3. The first kappa shape index (κ1) is 22.9. The minimum Gasteiger partial charge on any atom is -0.482 e. The second-order valence-electron chi connectivity index (χ2n) is 5.44. The molecule has 0 aliphatic rings. The molecule has 0 aliphatic heterocycles. The Bertz CT molecular complexity index is 949. The van der Waals surface area contributed by atoms with Crippen LogP contribution in [0.3, 0.4) is 0 Å². The Morgan fingerprint density at radius 3 is 2.50 bits per heavy atom. The molecular weight excluding hydrogens is 559 g/mol. The summed E-state index contributed by atoms with van der Waals surface area (Å²) in [4.78, 5) is 23.5. The van der Waals surface area contributed by atoms with Crippen molar-refractivity contribution < 1.29 is 19.4 Å². The zero-order valence-corrected chi connectivity index (χ0v) is 19.6. The summed E-state index contributed by atoms with van der Waals surface area (Å²) in [7, 11) is 0. The van der Waals surface area contributed by atoms with Crippen LogP contribution in [0.15, 0.2) is 33.2 Å². The van der Waals surface area contributed by atoms with Crippen LogP contribution in [-0.4, -0.2) is 28.7 Å². The van der Waals surface area contributed by atoms with Gasteiger partial charge in [0.25, 0.3) is 5.91 Å². The Hall–Kier alpha value is -1.39. The van der Waals surface area contributed by atoms with Crippen molar-refractivity contribution >= 4 is 90.0 Å². The van der Waals surface area contributed by atoms with E-state index in [9.17, 15) is 14.7 Å². The molecule has 0 atom stereocenters. The van der Waals surface area contributed by atoms with E-state index >= 15 is 0 Å². The van der Waals surface area contributed by atoms with Crippen molar-refractivity contribution in [1.82, 2.24) is 5.32 Å². The number of anilines is 1. The minimum atomic E-state index is -1.25. The molecule has 0 aliphatic carbocycles. The molecule has 1 amide bonds. The second-order valence-corrected chi connectivity index (χ2v) is 8.46. The van der Waals surface area contributed by atoms with Crippen LogP contribution in [0.4, 0.5) is 5.69 Å². The van der Waals surface area contributed by atoms with Gasteiger partial charge in [-0.05, 0) is 64.9 Å². The van der Waals surface area contributed by atoms with Crippen molar-refractivity contribution in [3.63, 3.8) is 0 Å². The van der Waals surface area contributed by atoms with Gasteiger partial charge in [0.1, 0.15) is 5.75 Å². The molecule has 2 aromatic rings. The van der Waals surface area contributed by atoms with Gasteiger partial charge in [0.05, 0.1) is 20.7 Å². The lowest BCUT2D eigenvalue weighted by Gasteiger charge is -2.15. The van der Waals surface area contributed by atoms with E-state index in [1.54, 1.807) is 6.07 Å². The number of carboxylic acids is 1. The maximum atomic E-state index is 12.1. The number of hydrogen-bond donors (Lipinski definition) is 3. The van der Waals surface area contributed by atoms with Crippen molar-refractivity contribution in [2.75, 3.05) is 11.9 Å². The van der Waals surface area contributed by atoms with Crippen LogP contribution in [0.2, 0.25) is 10.0 Å². The van der Waals surface area contributed by atoms with Crippen molar-refractivity contribution in [3.05, 3.63) is 54.4 Å². The number of aryl methyl sites for hydroxylation is 1. The number of ether oxygens (including phenoxy) is 1. The molecule has 0 bridgehead atoms. The van der Waals surface area contributed by atoms with E-state index in [2.05, 4.69) is 42.5 Å². The summed E-state index contributed by atoms with van der Waals surface area (Å²) in [6.45, 7) is 1.54. The molecule has 3 N–H and O–H groups in total. The summed E-state index contributed by atoms with van der Waals surface area (Å²) in [6.07, 6.45) is 0. The van der Waals surface area contributed by atoms with Gasteiger partial charge < -0.3 is 15.2 Å². The lowest BCUT2D eigenvalue weighted by atomic mass is 10.2. The number of hydrogen-bond acceptors (Lipinski definition) is 4. The fraction of sp³-hybridized carbons (Fsp3) is 0.118. The fourth-order valence-corrected chi connectivity index (χ4v) is 4.50. The quantitative estimate of drug-likeness (QED) is 0.416. The maximum Gasteiger partial charge on any atom is 0.337 e. The lowest BCUT2D eigenvalue weighted by molar-refractivity contribution is -0.121. The molecule has 6 nitrogen and oxygen atoms in total. The monoisotopic (exact) mass is 568 g/mol. The molecule has 0 fully saturated rings. The van der Waals surface area contributed by atoms with Crippen LogP contribution in [0.1, 0.15) is 15.9 Å². The molecule has 2 rings (SSSR count). The number of thiocarbonyl (C=S) groups is 1. The molecule has 0 spiro atoms. The van der Waals surface area contributed by atoms with E-state index in [-0.39, 0.29) is 33.0 Å². The predicted octanol–water partition coefficient (Wildman–Crippen LogP) is 5.42. The molecular formula is C17H12Br2Cl2N2O4S. The number of carboxylic acid groups (broad SMARTS) is 1. The Kier molecular flexibility index (Phi) is 8.08. The topological polar surface area (TPSA) is 87.7 Å². The second kappa shape index (κ2) is 9.89. The van der Waals surface area contributed by atoms with Gasteiger partial charge in [0.15, 0.2) is 11.7 Å². The molecule has 11 heteroatoms. The molecule has 0 heterocycles. The third-order valence-corrected chi connectivity index (χ3v) is 5.09. The van der Waals surface area contributed by atoms with Crippen LogP contribution < -0.4 is 15.4 Å². The highest BCUT2D eigenvalue weighted by molar-refractivity contribution is 9.11. The Labute approximate surface area is 192 Å². The molecule has 28 heavy (non-hydrogen) atoms. The first-order chi connectivity index (χ1) is 13.1. The highest BCUT2D eigenvalue weighted by atomic mass is 79.9. The zero-order chi connectivity index (χ0) is 21.0. The average Bonchev–Trinajstić information content (AvgIpc) is 2.55. The van der Waals surface area contributed by atoms with E-state index in [1.165, 1.54) is 12.1 Å². The summed E-state index contributed by atoms with van der Waals surface area (Å²) in [5.74, 6) is -1.26. The largest absolute Gasteiger partial charge is 0.482 e. The summed E-state index contributed by atoms with van der Waals surface area (Å²) in [5, 5.41) is 14.4. The van der Waals surface area contributed by atoms with Gasteiger partial charge >= 0.3 is 5.97 Å². The van der Waals surface area contributed by atoms with Gasteiger partial charge in [-0.1, -0.05) is 39.1 Å². The molecule has 0 aromatic heterocycles. The predicted molar refractivity (Wildman–Crippen MR) is 120 cm³/mol. The van der Waals surface area contributed by atoms with Crippen molar-refractivity contribution in [2.24, 2.45) is 0 Å². The third-order valence-electron chi connectivity index (χ3n) is 3.32. The van der Waals surface area contributed by atoms with Gasteiger partial charge in [-0.3, -0.25) is 10.1 Å². The van der Waals surface area contributed by atoms with Gasteiger partial charge in [-0.2, -0.15) is 0 Å². The standard InChI is InChI=1S/C17H12Br2Cl2N2O4S/c1-7-2-8(18)3-11(19)15(7)27-6-13(24)22-17(28)23-14-10(16(25)26)4-9(20)5-12(14)21/h2-5H,6H2,1H3,(H,25,26)(H2,22,23,24,28). The molecule has 2 aromatic carbocycles. The van der Waals surface area contributed by atoms with Crippen LogP contribution in [-0.2, 0) is 4.79 Å². The summed E-state index contributed by atoms with van der Waals surface area (Å²) >= 11 is 23.6. The van der Waals surface area contributed by atoms with Crippen molar-refractivity contribution in [3.8, 4) is 5.75 Å². The molecule has 148 valence electrons. The zero-order valence-electron chi connectivity index (χ0n) is 14.1. The van der Waals surface area contributed by atoms with Crippen molar-refractivity contribution in [1.29, 1.82) is 0 Å². The van der Waals surface area contributed by atoms with Gasteiger partial charge in [-0.15, -0.1) is 0 Å². The number of aromatic carboxylic acids is 1. The molecule has 0 unspecified atom stereocenters. The Morgan fingerprint density at radius 2 is 1.89 bits per heavy atom. The summed E-state index contributed by atoms with van der Waals surface area (Å²) in [5.41, 5.74) is 0.671. The number of amides is 1. The fourth-order valence-electron chi connectivity index (χ4n) is 2.19. The number of rotatable bonds is 5. The minimum absolute atomic E-state index is 0.0243. The summed E-state index contributed by atoms with van der Waals surface area (Å²) < 4.78 is 7.09. The van der Waals surface area contributed by atoms with Crippen LogP contribution in [0.25, 0.3) is 0 Å². The summed E-state index contributed by atoms with van der Waals surface area (Å²) in [6, 6.07) is 6.22. The Balaban J connectivity index is 2.03. The number of carbonyl (C=O) groups is 2.